The molecule has 1 amide bonds. The summed E-state index contributed by atoms with van der Waals surface area (Å²) in [5.74, 6) is -0.337. The first kappa shape index (κ1) is 22.3. The number of carbonyl (C=O) groups is 1. The largest absolute Gasteiger partial charge is 0.394 e. The Labute approximate surface area is 139 Å². The molecule has 0 aromatic rings. The predicted molar refractivity (Wildman–Crippen MR) is 88.7 cm³/mol. The van der Waals surface area contributed by atoms with Crippen LogP contribution in [0.4, 0.5) is 0 Å². The van der Waals surface area contributed by atoms with Gasteiger partial charge in [0.1, 0.15) is 12.2 Å². The molecule has 0 aliphatic heterocycles. The molecule has 3 atom stereocenters. The number of likely N-dealkylation sites (N-methyl/N-ethyl adjacent to an activating group) is 1. The number of rotatable bonds is 7. The highest BCUT2D eigenvalue weighted by atomic mass is 16.4. The highest BCUT2D eigenvalue weighted by molar-refractivity contribution is 5.81. The van der Waals surface area contributed by atoms with Crippen LogP contribution >= 0.6 is 0 Å². The second-order valence-corrected chi connectivity index (χ2v) is 8.00. The van der Waals surface area contributed by atoms with Crippen molar-refractivity contribution in [1.29, 1.82) is 0 Å². The van der Waals surface area contributed by atoms with E-state index in [9.17, 15) is 20.1 Å². The first-order valence-corrected chi connectivity index (χ1v) is 7.90. The number of aliphatic hydroxyl groups is 4. The van der Waals surface area contributed by atoms with Gasteiger partial charge in [-0.2, -0.15) is 0 Å². The molecule has 7 nitrogen and oxygen atoms in total. The molecule has 138 valence electrons. The van der Waals surface area contributed by atoms with Crippen LogP contribution in [0.25, 0.3) is 0 Å². The van der Waals surface area contributed by atoms with Crippen molar-refractivity contribution in [2.45, 2.75) is 65.5 Å². The van der Waals surface area contributed by atoms with Gasteiger partial charge in [0, 0.05) is 24.0 Å². The standard InChI is InChI=1S/C16H34N2O5/c1-15(2,3)14(23)18(9-8-17(7)16(4,5)6)13(22)12(21)11(20)10-19/h11-13,19-22H,8-10H2,1-7H3. The lowest BCUT2D eigenvalue weighted by Gasteiger charge is -2.39. The van der Waals surface area contributed by atoms with Gasteiger partial charge in [-0.3, -0.25) is 9.69 Å². The van der Waals surface area contributed by atoms with E-state index in [4.69, 9.17) is 5.11 Å². The fourth-order valence-electron chi connectivity index (χ4n) is 1.87. The number of hydrogen-bond acceptors (Lipinski definition) is 6. The number of aliphatic hydroxyl groups excluding tert-OH is 4. The number of amides is 1. The van der Waals surface area contributed by atoms with Gasteiger partial charge in [-0.15, -0.1) is 0 Å². The summed E-state index contributed by atoms with van der Waals surface area (Å²) >= 11 is 0. The van der Waals surface area contributed by atoms with Crippen molar-refractivity contribution in [3.63, 3.8) is 0 Å². The van der Waals surface area contributed by atoms with Gasteiger partial charge in [-0.1, -0.05) is 20.8 Å². The summed E-state index contributed by atoms with van der Waals surface area (Å²) in [4.78, 5) is 15.8. The Morgan fingerprint density at radius 1 is 1.00 bits per heavy atom. The second kappa shape index (κ2) is 8.39. The molecular formula is C16H34N2O5. The van der Waals surface area contributed by atoms with Crippen LogP contribution in [0, 0.1) is 5.41 Å². The quantitative estimate of drug-likeness (QED) is 0.473. The van der Waals surface area contributed by atoms with E-state index in [1.807, 2.05) is 32.7 Å². The van der Waals surface area contributed by atoms with Gasteiger partial charge in [-0.05, 0) is 27.8 Å². The summed E-state index contributed by atoms with van der Waals surface area (Å²) < 4.78 is 0. The average molecular weight is 334 g/mol. The van der Waals surface area contributed by atoms with Crippen molar-refractivity contribution in [3.05, 3.63) is 0 Å². The van der Waals surface area contributed by atoms with Crippen molar-refractivity contribution in [2.24, 2.45) is 5.41 Å². The molecule has 23 heavy (non-hydrogen) atoms. The number of carbonyl (C=O) groups excluding carboxylic acids is 1. The highest BCUT2D eigenvalue weighted by Crippen LogP contribution is 2.21. The fraction of sp³-hybridized carbons (Fsp3) is 0.938. The van der Waals surface area contributed by atoms with Crippen LogP contribution in [0.5, 0.6) is 0 Å². The molecular weight excluding hydrogens is 300 g/mol. The lowest BCUT2D eigenvalue weighted by atomic mass is 9.94. The molecule has 0 rings (SSSR count). The van der Waals surface area contributed by atoms with Crippen molar-refractivity contribution < 1.29 is 25.2 Å². The average Bonchev–Trinajstić information content (AvgIpc) is 2.42. The molecule has 0 aromatic carbocycles. The van der Waals surface area contributed by atoms with Crippen molar-refractivity contribution in [1.82, 2.24) is 9.80 Å². The molecule has 0 saturated heterocycles. The van der Waals surface area contributed by atoms with Crippen LogP contribution in [0.1, 0.15) is 41.5 Å². The van der Waals surface area contributed by atoms with E-state index in [1.165, 1.54) is 0 Å². The van der Waals surface area contributed by atoms with Crippen molar-refractivity contribution in [2.75, 3.05) is 26.7 Å². The highest BCUT2D eigenvalue weighted by Gasteiger charge is 2.37. The first-order chi connectivity index (χ1) is 10.2. The van der Waals surface area contributed by atoms with Gasteiger partial charge in [0.2, 0.25) is 5.91 Å². The smallest absolute Gasteiger partial charge is 0.230 e. The minimum Gasteiger partial charge on any atom is -0.394 e. The summed E-state index contributed by atoms with van der Waals surface area (Å²) in [6.45, 7) is 11.2. The fourth-order valence-corrected chi connectivity index (χ4v) is 1.87. The predicted octanol–water partition coefficient (Wildman–Crippen LogP) is -0.376. The van der Waals surface area contributed by atoms with Crippen LogP contribution in [0.3, 0.4) is 0 Å². The van der Waals surface area contributed by atoms with Crippen LogP contribution < -0.4 is 0 Å². The molecule has 0 saturated carbocycles. The molecule has 0 aromatic heterocycles. The summed E-state index contributed by atoms with van der Waals surface area (Å²) in [7, 11) is 1.91. The molecule has 0 fully saturated rings. The van der Waals surface area contributed by atoms with Gasteiger partial charge < -0.3 is 25.3 Å². The molecule has 0 aliphatic carbocycles. The first-order valence-electron chi connectivity index (χ1n) is 7.90. The second-order valence-electron chi connectivity index (χ2n) is 8.00. The van der Waals surface area contributed by atoms with E-state index in [0.29, 0.717) is 6.54 Å². The number of nitrogens with zero attached hydrogens (tertiary/aromatic N) is 2. The monoisotopic (exact) mass is 334 g/mol. The van der Waals surface area contributed by atoms with Crippen molar-refractivity contribution in [3.8, 4) is 0 Å². The molecule has 0 radical (unpaired) electrons. The molecule has 7 heteroatoms. The Morgan fingerprint density at radius 2 is 1.48 bits per heavy atom. The zero-order valence-corrected chi connectivity index (χ0v) is 15.4. The minimum absolute atomic E-state index is 0.107. The van der Waals surface area contributed by atoms with Crippen LogP contribution in [0.2, 0.25) is 0 Å². The van der Waals surface area contributed by atoms with Crippen LogP contribution in [-0.4, -0.2) is 86.9 Å². The van der Waals surface area contributed by atoms with E-state index in [-0.39, 0.29) is 18.0 Å². The van der Waals surface area contributed by atoms with E-state index in [2.05, 4.69) is 0 Å². The summed E-state index contributed by atoms with van der Waals surface area (Å²) in [5, 5.41) is 38.7. The van der Waals surface area contributed by atoms with Gasteiger partial charge in [0.05, 0.1) is 6.61 Å². The Hall–Kier alpha value is -0.730. The zero-order chi connectivity index (χ0) is 18.6. The van der Waals surface area contributed by atoms with E-state index >= 15 is 0 Å². The summed E-state index contributed by atoms with van der Waals surface area (Å²) in [6, 6.07) is 0. The molecule has 0 heterocycles. The van der Waals surface area contributed by atoms with E-state index < -0.39 is 30.5 Å². The maximum Gasteiger partial charge on any atom is 0.230 e. The van der Waals surface area contributed by atoms with E-state index in [1.54, 1.807) is 20.8 Å². The Kier molecular flexibility index (Phi) is 8.13. The lowest BCUT2D eigenvalue weighted by Crippen LogP contribution is -2.56. The van der Waals surface area contributed by atoms with Crippen LogP contribution in [-0.2, 0) is 4.79 Å². The molecule has 3 unspecified atom stereocenters. The third-order valence-corrected chi connectivity index (χ3v) is 3.93. The SMILES string of the molecule is CN(CCN(C(=O)C(C)(C)C)C(O)C(O)C(O)CO)C(C)(C)C. The maximum absolute atomic E-state index is 12.6. The topological polar surface area (TPSA) is 104 Å². The normalized spacial score (nSPS) is 17.0. The van der Waals surface area contributed by atoms with Crippen molar-refractivity contribution >= 4 is 5.91 Å². The molecule has 0 aliphatic rings. The Morgan fingerprint density at radius 3 is 1.83 bits per heavy atom. The van der Waals surface area contributed by atoms with Gasteiger partial charge >= 0.3 is 0 Å². The molecule has 4 N–H and O–H groups in total. The van der Waals surface area contributed by atoms with Gasteiger partial charge in [-0.25, -0.2) is 0 Å². The lowest BCUT2D eigenvalue weighted by molar-refractivity contribution is -0.170. The maximum atomic E-state index is 12.6. The Balaban J connectivity index is 5.22. The molecule has 0 bridgehead atoms. The third kappa shape index (κ3) is 6.73. The molecule has 0 spiro atoms. The Bertz CT molecular complexity index is 376. The zero-order valence-electron chi connectivity index (χ0n) is 15.4. The number of hydrogen-bond donors (Lipinski definition) is 4. The van der Waals surface area contributed by atoms with E-state index in [0.717, 1.165) is 4.90 Å². The third-order valence-electron chi connectivity index (χ3n) is 3.93. The summed E-state index contributed by atoms with van der Waals surface area (Å²) in [5.41, 5.74) is -0.851. The van der Waals surface area contributed by atoms with Gasteiger partial charge in [0.15, 0.2) is 6.23 Å². The van der Waals surface area contributed by atoms with Crippen LogP contribution in [0.15, 0.2) is 0 Å². The minimum atomic E-state index is -1.63. The summed E-state index contributed by atoms with van der Waals surface area (Å²) in [6.07, 6.45) is -4.73. The van der Waals surface area contributed by atoms with Gasteiger partial charge in [0.25, 0.3) is 0 Å².